The van der Waals surface area contributed by atoms with Crippen LogP contribution in [0.5, 0.6) is 0 Å². The van der Waals surface area contributed by atoms with Crippen LogP contribution in [0.3, 0.4) is 0 Å². The van der Waals surface area contributed by atoms with Crippen molar-refractivity contribution in [2.24, 2.45) is 0 Å². The molecule has 4 saturated heterocycles. The average Bonchev–Trinajstić information content (AvgIpc) is 3.51. The van der Waals surface area contributed by atoms with Gasteiger partial charge in [-0.3, -0.25) is 5.32 Å². The quantitative estimate of drug-likeness (QED) is 0.611. The highest BCUT2D eigenvalue weighted by molar-refractivity contribution is 8.02. The first-order valence-corrected chi connectivity index (χ1v) is 12.4. The van der Waals surface area contributed by atoms with Gasteiger partial charge in [0.05, 0.1) is 18.5 Å². The summed E-state index contributed by atoms with van der Waals surface area (Å²) in [6.45, 7) is 6.24. The Bertz CT molecular complexity index is 601. The van der Waals surface area contributed by atoms with Crippen molar-refractivity contribution in [3.8, 4) is 0 Å². The third-order valence-corrected chi connectivity index (χ3v) is 8.40. The van der Waals surface area contributed by atoms with E-state index < -0.39 is 0 Å². The third-order valence-electron chi connectivity index (χ3n) is 6.01. The number of hydrogen-bond donors (Lipinski definition) is 3. The van der Waals surface area contributed by atoms with Crippen molar-refractivity contribution >= 4 is 23.7 Å². The van der Waals surface area contributed by atoms with Crippen LogP contribution in [-0.4, -0.2) is 66.5 Å². The maximum Gasteiger partial charge on any atom is 0.139 e. The van der Waals surface area contributed by atoms with Crippen LogP contribution < -0.4 is 15.5 Å². The molecule has 0 aromatic heterocycles. The van der Waals surface area contributed by atoms with Gasteiger partial charge >= 0.3 is 0 Å². The summed E-state index contributed by atoms with van der Waals surface area (Å²) in [5.41, 5.74) is 6.62. The zero-order valence-electron chi connectivity index (χ0n) is 16.0. The second-order valence-corrected chi connectivity index (χ2v) is 10.0. The van der Waals surface area contributed by atoms with Crippen LogP contribution in [0.2, 0.25) is 0 Å². The fourth-order valence-corrected chi connectivity index (χ4v) is 7.21. The number of hydrogen-bond acceptors (Lipinski definition) is 8. The first-order chi connectivity index (χ1) is 13.4. The molecule has 3 N–H and O–H groups in total. The van der Waals surface area contributed by atoms with E-state index in [0.29, 0.717) is 5.25 Å². The molecule has 150 valence electrons. The molecule has 4 fully saturated rings. The van der Waals surface area contributed by atoms with Crippen molar-refractivity contribution in [3.05, 3.63) is 22.0 Å². The summed E-state index contributed by atoms with van der Waals surface area (Å²) < 4.78 is 9.91. The summed E-state index contributed by atoms with van der Waals surface area (Å²) in [7, 11) is 0. The lowest BCUT2D eigenvalue weighted by Crippen LogP contribution is -2.48. The van der Waals surface area contributed by atoms with Gasteiger partial charge in [-0.25, -0.2) is 5.43 Å². The predicted octanol–water partition coefficient (Wildman–Crippen LogP) is 2.20. The fourth-order valence-electron chi connectivity index (χ4n) is 4.68. The zero-order chi connectivity index (χ0) is 18.1. The molecule has 8 heteroatoms. The van der Waals surface area contributed by atoms with Crippen LogP contribution in [0.25, 0.3) is 0 Å². The van der Waals surface area contributed by atoms with E-state index in [9.17, 15) is 0 Å². The second-order valence-electron chi connectivity index (χ2n) is 7.87. The summed E-state index contributed by atoms with van der Waals surface area (Å²) in [4.78, 5) is 3.95. The smallest absolute Gasteiger partial charge is 0.139 e. The van der Waals surface area contributed by atoms with E-state index in [-0.39, 0.29) is 6.10 Å². The van der Waals surface area contributed by atoms with E-state index in [1.165, 1.54) is 54.3 Å². The summed E-state index contributed by atoms with van der Waals surface area (Å²) in [5.74, 6) is 2.58. The van der Waals surface area contributed by atoms with Crippen molar-refractivity contribution in [1.82, 2.24) is 25.4 Å². The standard InChI is InChI=1S/C19H31N5OS2/c1-5-14(25-11-1)18-16(15-6-2-12-26-15)17(24-10-4-8-21-24)19(22-27-18)23-9-3-7-20-13-23/h14-15,20-22H,1-13H2. The molecule has 2 atom stereocenters. The molecule has 0 radical (unpaired) electrons. The Morgan fingerprint density at radius 1 is 1.04 bits per heavy atom. The van der Waals surface area contributed by atoms with Crippen molar-refractivity contribution in [2.45, 2.75) is 49.9 Å². The molecular weight excluding hydrogens is 378 g/mol. The van der Waals surface area contributed by atoms with Gasteiger partial charge in [-0.15, -0.1) is 0 Å². The highest BCUT2D eigenvalue weighted by Gasteiger charge is 2.39. The number of nitrogens with zero attached hydrogens (tertiary/aromatic N) is 2. The molecule has 0 bridgehead atoms. The van der Waals surface area contributed by atoms with E-state index in [2.05, 4.69) is 37.1 Å². The van der Waals surface area contributed by atoms with E-state index in [1.54, 1.807) is 5.57 Å². The van der Waals surface area contributed by atoms with Crippen molar-refractivity contribution in [1.29, 1.82) is 0 Å². The number of ether oxygens (including phenoxy) is 1. The zero-order valence-corrected chi connectivity index (χ0v) is 17.6. The molecule has 2 unspecified atom stereocenters. The van der Waals surface area contributed by atoms with Crippen molar-refractivity contribution in [3.63, 3.8) is 0 Å². The molecular formula is C19H31N5OS2. The van der Waals surface area contributed by atoms with E-state index in [1.807, 2.05) is 11.9 Å². The summed E-state index contributed by atoms with van der Waals surface area (Å²) in [5, 5.41) is 6.58. The van der Waals surface area contributed by atoms with Crippen LogP contribution in [0.15, 0.2) is 22.0 Å². The maximum atomic E-state index is 6.16. The topological polar surface area (TPSA) is 51.8 Å². The largest absolute Gasteiger partial charge is 0.373 e. The normalized spacial score (nSPS) is 32.6. The van der Waals surface area contributed by atoms with Gasteiger partial charge in [-0.2, -0.15) is 11.8 Å². The van der Waals surface area contributed by atoms with Gasteiger partial charge in [0.25, 0.3) is 0 Å². The van der Waals surface area contributed by atoms with Crippen molar-refractivity contribution in [2.75, 3.05) is 45.2 Å². The number of allylic oxidation sites excluding steroid dienone is 1. The minimum Gasteiger partial charge on any atom is -0.373 e. The molecule has 0 aliphatic carbocycles. The lowest BCUT2D eigenvalue weighted by atomic mass is 10.00. The van der Waals surface area contributed by atoms with Gasteiger partial charge in [0.1, 0.15) is 5.82 Å². The Balaban J connectivity index is 1.59. The number of hydrazine groups is 1. The molecule has 6 nitrogen and oxygen atoms in total. The first kappa shape index (κ1) is 18.5. The van der Waals surface area contributed by atoms with Crippen LogP contribution >= 0.6 is 23.7 Å². The number of nitrogens with one attached hydrogen (secondary N) is 3. The predicted molar refractivity (Wildman–Crippen MR) is 113 cm³/mol. The monoisotopic (exact) mass is 409 g/mol. The van der Waals surface area contributed by atoms with Crippen molar-refractivity contribution < 1.29 is 4.74 Å². The summed E-state index contributed by atoms with van der Waals surface area (Å²) >= 11 is 3.97. The molecule has 5 heterocycles. The van der Waals surface area contributed by atoms with Crippen LogP contribution in [-0.2, 0) is 4.74 Å². The van der Waals surface area contributed by atoms with Gasteiger partial charge in [-0.1, -0.05) is 0 Å². The highest BCUT2D eigenvalue weighted by Crippen LogP contribution is 2.46. The van der Waals surface area contributed by atoms with Gasteiger partial charge < -0.3 is 19.4 Å². The summed E-state index contributed by atoms with van der Waals surface area (Å²) in [6.07, 6.45) is 7.65. The second kappa shape index (κ2) is 8.45. The van der Waals surface area contributed by atoms with Gasteiger partial charge in [0.2, 0.25) is 0 Å². The number of thioether (sulfide) groups is 1. The fraction of sp³-hybridized carbons (Fsp3) is 0.789. The average molecular weight is 410 g/mol. The van der Waals surface area contributed by atoms with Gasteiger partial charge in [-0.05, 0) is 62.8 Å². The maximum absolute atomic E-state index is 6.16. The Morgan fingerprint density at radius 2 is 2.00 bits per heavy atom. The SMILES string of the molecule is C1COC(C2=C(C3CCCS3)C(N3CCCN3)=C(N3CCCNC3)NS2)C1. The third kappa shape index (κ3) is 3.71. The van der Waals surface area contributed by atoms with E-state index in [0.717, 1.165) is 45.9 Å². The Labute approximate surface area is 171 Å². The Morgan fingerprint density at radius 3 is 2.70 bits per heavy atom. The molecule has 0 saturated carbocycles. The minimum absolute atomic E-state index is 0.275. The molecule has 0 spiro atoms. The Kier molecular flexibility index (Phi) is 5.78. The van der Waals surface area contributed by atoms with Crippen LogP contribution in [0, 0.1) is 0 Å². The Hall–Kier alpha value is -0.540. The molecule has 5 aliphatic heterocycles. The van der Waals surface area contributed by atoms with Gasteiger partial charge in [0, 0.05) is 42.0 Å². The minimum atomic E-state index is 0.275. The molecule has 27 heavy (non-hydrogen) atoms. The van der Waals surface area contributed by atoms with Crippen LogP contribution in [0.1, 0.15) is 38.5 Å². The van der Waals surface area contributed by atoms with Gasteiger partial charge in [0.15, 0.2) is 0 Å². The molecule has 0 aromatic carbocycles. The first-order valence-electron chi connectivity index (χ1n) is 10.5. The highest BCUT2D eigenvalue weighted by atomic mass is 32.2. The molecule has 0 amide bonds. The summed E-state index contributed by atoms with van der Waals surface area (Å²) in [6, 6.07) is 0. The molecule has 5 aliphatic rings. The molecule has 5 rings (SSSR count). The molecule has 0 aromatic rings. The number of rotatable bonds is 4. The lowest BCUT2D eigenvalue weighted by molar-refractivity contribution is 0.141. The lowest BCUT2D eigenvalue weighted by Gasteiger charge is -2.41. The van der Waals surface area contributed by atoms with E-state index in [4.69, 9.17) is 4.74 Å². The van der Waals surface area contributed by atoms with Crippen LogP contribution in [0.4, 0.5) is 0 Å². The van der Waals surface area contributed by atoms with E-state index >= 15 is 0 Å².